The van der Waals surface area contributed by atoms with E-state index < -0.39 is 0 Å². The Morgan fingerprint density at radius 2 is 2.21 bits per heavy atom. The molecule has 0 radical (unpaired) electrons. The molecule has 1 aromatic carbocycles. The smallest absolute Gasteiger partial charge is 0.0408 e. The molecule has 0 aliphatic heterocycles. The Labute approximate surface area is 122 Å². The van der Waals surface area contributed by atoms with E-state index in [4.69, 9.17) is 11.6 Å². The minimum Gasteiger partial charge on any atom is -0.310 e. The van der Waals surface area contributed by atoms with Gasteiger partial charge in [0.25, 0.3) is 0 Å². The highest BCUT2D eigenvalue weighted by Crippen LogP contribution is 2.23. The summed E-state index contributed by atoms with van der Waals surface area (Å²) in [5.74, 6) is 0. The van der Waals surface area contributed by atoms with Crippen LogP contribution in [0.3, 0.4) is 0 Å². The van der Waals surface area contributed by atoms with Gasteiger partial charge in [-0.2, -0.15) is 0 Å². The monoisotopic (exact) mass is 277 g/mol. The molecule has 104 valence electrons. The fourth-order valence-electron chi connectivity index (χ4n) is 2.73. The fourth-order valence-corrected chi connectivity index (χ4v) is 2.94. The largest absolute Gasteiger partial charge is 0.310 e. The van der Waals surface area contributed by atoms with Crippen molar-refractivity contribution < 1.29 is 0 Å². The molecule has 0 fully saturated rings. The van der Waals surface area contributed by atoms with Crippen molar-refractivity contribution in [1.29, 1.82) is 0 Å². The second kappa shape index (κ2) is 7.72. The first kappa shape index (κ1) is 14.6. The van der Waals surface area contributed by atoms with Crippen LogP contribution in [0.2, 0.25) is 5.02 Å². The molecule has 0 spiro atoms. The second-order valence-corrected chi connectivity index (χ2v) is 5.80. The SMILES string of the molecule is CCCNC(Cc1cccc(Cl)c1)C1=CCCCC1. The number of benzene rings is 1. The van der Waals surface area contributed by atoms with Crippen LogP contribution in [0.1, 0.15) is 44.6 Å². The van der Waals surface area contributed by atoms with Crippen LogP contribution in [-0.4, -0.2) is 12.6 Å². The van der Waals surface area contributed by atoms with Crippen molar-refractivity contribution in [3.63, 3.8) is 0 Å². The minimum absolute atomic E-state index is 0.485. The predicted molar refractivity (Wildman–Crippen MR) is 83.8 cm³/mol. The predicted octanol–water partition coefficient (Wildman–Crippen LogP) is 4.75. The highest BCUT2D eigenvalue weighted by atomic mass is 35.5. The van der Waals surface area contributed by atoms with Gasteiger partial charge in [0, 0.05) is 11.1 Å². The van der Waals surface area contributed by atoms with Gasteiger partial charge in [-0.1, -0.05) is 42.3 Å². The maximum Gasteiger partial charge on any atom is 0.0408 e. The van der Waals surface area contributed by atoms with Crippen molar-refractivity contribution in [2.75, 3.05) is 6.54 Å². The van der Waals surface area contributed by atoms with E-state index in [9.17, 15) is 0 Å². The molecule has 0 bridgehead atoms. The lowest BCUT2D eigenvalue weighted by Crippen LogP contribution is -2.34. The lowest BCUT2D eigenvalue weighted by Gasteiger charge is -2.24. The lowest BCUT2D eigenvalue weighted by atomic mass is 9.90. The van der Waals surface area contributed by atoms with Crippen LogP contribution in [0, 0.1) is 0 Å². The van der Waals surface area contributed by atoms with Gasteiger partial charge in [-0.15, -0.1) is 0 Å². The van der Waals surface area contributed by atoms with E-state index in [0.29, 0.717) is 6.04 Å². The van der Waals surface area contributed by atoms with Gasteiger partial charge in [0.15, 0.2) is 0 Å². The summed E-state index contributed by atoms with van der Waals surface area (Å²) in [4.78, 5) is 0. The quantitative estimate of drug-likeness (QED) is 0.740. The van der Waals surface area contributed by atoms with Gasteiger partial charge < -0.3 is 5.32 Å². The summed E-state index contributed by atoms with van der Waals surface area (Å²) in [5.41, 5.74) is 2.92. The molecule has 1 unspecified atom stereocenters. The summed E-state index contributed by atoms with van der Waals surface area (Å²) < 4.78 is 0. The van der Waals surface area contributed by atoms with Crippen molar-refractivity contribution in [2.45, 2.75) is 51.5 Å². The first-order chi connectivity index (χ1) is 9.29. The fraction of sp³-hybridized carbons (Fsp3) is 0.529. The average molecular weight is 278 g/mol. The van der Waals surface area contributed by atoms with Gasteiger partial charge in [-0.25, -0.2) is 0 Å². The molecule has 2 heteroatoms. The van der Waals surface area contributed by atoms with E-state index in [1.54, 1.807) is 5.57 Å². The molecular weight excluding hydrogens is 254 g/mol. The van der Waals surface area contributed by atoms with Crippen LogP contribution >= 0.6 is 11.6 Å². The molecule has 1 nitrogen and oxygen atoms in total. The summed E-state index contributed by atoms with van der Waals surface area (Å²) in [6.45, 7) is 3.31. The molecule has 0 amide bonds. The van der Waals surface area contributed by atoms with E-state index in [1.165, 1.54) is 37.7 Å². The highest BCUT2D eigenvalue weighted by molar-refractivity contribution is 6.30. The van der Waals surface area contributed by atoms with Crippen molar-refractivity contribution in [2.24, 2.45) is 0 Å². The maximum absolute atomic E-state index is 6.08. The Kier molecular flexibility index (Phi) is 5.93. The maximum atomic E-state index is 6.08. The molecule has 0 saturated carbocycles. The van der Waals surface area contributed by atoms with Crippen LogP contribution in [0.25, 0.3) is 0 Å². The number of hydrogen-bond acceptors (Lipinski definition) is 1. The Balaban J connectivity index is 2.06. The molecule has 1 N–H and O–H groups in total. The Morgan fingerprint density at radius 3 is 2.89 bits per heavy atom. The van der Waals surface area contributed by atoms with E-state index >= 15 is 0 Å². The summed E-state index contributed by atoms with van der Waals surface area (Å²) in [6, 6.07) is 8.74. The Hall–Kier alpha value is -0.790. The van der Waals surface area contributed by atoms with E-state index in [2.05, 4.69) is 30.4 Å². The van der Waals surface area contributed by atoms with Crippen LogP contribution in [0.4, 0.5) is 0 Å². The molecule has 19 heavy (non-hydrogen) atoms. The summed E-state index contributed by atoms with van der Waals surface area (Å²) in [7, 11) is 0. The first-order valence-corrected chi connectivity index (χ1v) is 7.84. The zero-order chi connectivity index (χ0) is 13.5. The molecule has 1 aliphatic carbocycles. The Bertz CT molecular complexity index is 425. The summed E-state index contributed by atoms with van der Waals surface area (Å²) in [6.07, 6.45) is 9.86. The lowest BCUT2D eigenvalue weighted by molar-refractivity contribution is 0.526. The van der Waals surface area contributed by atoms with Crippen molar-refractivity contribution in [3.8, 4) is 0 Å². The molecular formula is C17H24ClN. The topological polar surface area (TPSA) is 12.0 Å². The van der Waals surface area contributed by atoms with Gasteiger partial charge in [-0.05, 0) is 62.8 Å². The van der Waals surface area contributed by atoms with Crippen LogP contribution in [0.15, 0.2) is 35.9 Å². The van der Waals surface area contributed by atoms with Gasteiger partial charge in [0.2, 0.25) is 0 Å². The van der Waals surface area contributed by atoms with Crippen LogP contribution < -0.4 is 5.32 Å². The van der Waals surface area contributed by atoms with Crippen molar-refractivity contribution in [3.05, 3.63) is 46.5 Å². The highest BCUT2D eigenvalue weighted by Gasteiger charge is 2.16. The normalized spacial score (nSPS) is 17.1. The van der Waals surface area contributed by atoms with Crippen LogP contribution in [0.5, 0.6) is 0 Å². The summed E-state index contributed by atoms with van der Waals surface area (Å²) in [5, 5.41) is 4.53. The van der Waals surface area contributed by atoms with E-state index in [1.807, 2.05) is 12.1 Å². The second-order valence-electron chi connectivity index (χ2n) is 5.37. The molecule has 2 rings (SSSR count). The number of allylic oxidation sites excluding steroid dienone is 1. The number of nitrogens with one attached hydrogen (secondary N) is 1. The van der Waals surface area contributed by atoms with E-state index in [0.717, 1.165) is 18.0 Å². The van der Waals surface area contributed by atoms with Gasteiger partial charge in [-0.3, -0.25) is 0 Å². The molecule has 1 aromatic rings. The third-order valence-electron chi connectivity index (χ3n) is 3.74. The third-order valence-corrected chi connectivity index (χ3v) is 3.98. The van der Waals surface area contributed by atoms with Crippen LogP contribution in [-0.2, 0) is 6.42 Å². The molecule has 0 heterocycles. The number of hydrogen-bond donors (Lipinski definition) is 1. The zero-order valence-electron chi connectivity index (χ0n) is 11.8. The summed E-state index contributed by atoms with van der Waals surface area (Å²) >= 11 is 6.08. The number of rotatable bonds is 6. The Morgan fingerprint density at radius 1 is 1.32 bits per heavy atom. The van der Waals surface area contributed by atoms with Crippen molar-refractivity contribution >= 4 is 11.6 Å². The van der Waals surface area contributed by atoms with Gasteiger partial charge in [0.05, 0.1) is 0 Å². The number of halogens is 1. The zero-order valence-corrected chi connectivity index (χ0v) is 12.5. The van der Waals surface area contributed by atoms with Crippen molar-refractivity contribution in [1.82, 2.24) is 5.32 Å². The molecule has 0 aromatic heterocycles. The standard InChI is InChI=1S/C17H24ClN/c1-2-11-19-17(15-8-4-3-5-9-15)13-14-7-6-10-16(18)12-14/h6-8,10,12,17,19H,2-5,9,11,13H2,1H3. The van der Waals surface area contributed by atoms with E-state index in [-0.39, 0.29) is 0 Å². The van der Waals surface area contributed by atoms with Gasteiger partial charge in [0.1, 0.15) is 0 Å². The molecule has 1 aliphatic rings. The minimum atomic E-state index is 0.485. The molecule has 0 saturated heterocycles. The first-order valence-electron chi connectivity index (χ1n) is 7.46. The average Bonchev–Trinajstić information content (AvgIpc) is 2.44. The third kappa shape index (κ3) is 4.67. The molecule has 1 atom stereocenters. The van der Waals surface area contributed by atoms with Gasteiger partial charge >= 0.3 is 0 Å².